The number of benzene rings is 1. The molecule has 0 unspecified atom stereocenters. The van der Waals surface area contributed by atoms with Gasteiger partial charge in [0.1, 0.15) is 23.9 Å². The first kappa shape index (κ1) is 15.7. The van der Waals surface area contributed by atoms with Crippen LogP contribution >= 0.6 is 0 Å². The number of nitriles is 3. The second-order valence-corrected chi connectivity index (χ2v) is 3.77. The lowest BCUT2D eigenvalue weighted by molar-refractivity contribution is 0.0945. The fourth-order valence-corrected chi connectivity index (χ4v) is 1.40. The molecular formula is C14H11N5O2. The molecule has 0 aliphatic carbocycles. The normalized spacial score (nSPS) is 8.67. The van der Waals surface area contributed by atoms with E-state index < -0.39 is 0 Å². The lowest BCUT2D eigenvalue weighted by Gasteiger charge is -2.06. The second-order valence-electron chi connectivity index (χ2n) is 3.77. The number of aliphatic hydroxyl groups excluding tert-OH is 1. The van der Waals surface area contributed by atoms with Gasteiger partial charge in [0.15, 0.2) is 5.57 Å². The standard InChI is InChI=1S/C14H11N5O2/c15-7-11(8-16)13(9-17)19-12-3-1-10(2-4-12)14(21)18-5-6-20/h1-4,19-20H,5-6H2,(H,18,21). The van der Waals surface area contributed by atoms with E-state index in [1.807, 2.05) is 0 Å². The van der Waals surface area contributed by atoms with Gasteiger partial charge in [0.2, 0.25) is 0 Å². The van der Waals surface area contributed by atoms with Gasteiger partial charge in [0, 0.05) is 17.8 Å². The molecule has 0 aliphatic rings. The molecule has 7 heteroatoms. The maximum Gasteiger partial charge on any atom is 0.251 e. The van der Waals surface area contributed by atoms with Crippen LogP contribution in [0.2, 0.25) is 0 Å². The van der Waals surface area contributed by atoms with E-state index in [0.717, 1.165) is 0 Å². The van der Waals surface area contributed by atoms with Crippen LogP contribution in [-0.4, -0.2) is 24.2 Å². The highest BCUT2D eigenvalue weighted by atomic mass is 16.3. The number of hydrogen-bond acceptors (Lipinski definition) is 6. The Labute approximate surface area is 121 Å². The topological polar surface area (TPSA) is 133 Å². The molecule has 0 aliphatic heterocycles. The van der Waals surface area contributed by atoms with Crippen LogP contribution in [0.5, 0.6) is 0 Å². The summed E-state index contributed by atoms with van der Waals surface area (Å²) in [6.07, 6.45) is 0. The molecule has 0 atom stereocenters. The average Bonchev–Trinajstić information content (AvgIpc) is 2.53. The molecule has 0 saturated carbocycles. The van der Waals surface area contributed by atoms with Crippen molar-refractivity contribution in [1.29, 1.82) is 15.8 Å². The van der Waals surface area contributed by atoms with Crippen molar-refractivity contribution < 1.29 is 9.90 Å². The van der Waals surface area contributed by atoms with Gasteiger partial charge in [-0.2, -0.15) is 15.8 Å². The monoisotopic (exact) mass is 281 g/mol. The summed E-state index contributed by atoms with van der Waals surface area (Å²) < 4.78 is 0. The SMILES string of the molecule is N#CC(C#N)=C(C#N)Nc1ccc(C(=O)NCCO)cc1. The molecule has 1 aromatic carbocycles. The number of allylic oxidation sites excluding steroid dienone is 2. The van der Waals surface area contributed by atoms with Crippen LogP contribution < -0.4 is 10.6 Å². The molecule has 0 aromatic heterocycles. The van der Waals surface area contributed by atoms with E-state index >= 15 is 0 Å². The van der Waals surface area contributed by atoms with Crippen molar-refractivity contribution in [1.82, 2.24) is 5.32 Å². The minimum absolute atomic E-state index is 0.146. The average molecular weight is 281 g/mol. The molecule has 0 spiro atoms. The summed E-state index contributed by atoms with van der Waals surface area (Å²) in [5.74, 6) is -0.332. The van der Waals surface area contributed by atoms with E-state index in [0.29, 0.717) is 11.3 Å². The Morgan fingerprint density at radius 1 is 1.10 bits per heavy atom. The Kier molecular flexibility index (Phi) is 5.95. The predicted molar refractivity (Wildman–Crippen MR) is 73.3 cm³/mol. The summed E-state index contributed by atoms with van der Waals surface area (Å²) in [6.45, 7) is 0.0145. The Bertz CT molecular complexity index is 655. The van der Waals surface area contributed by atoms with E-state index in [9.17, 15) is 4.79 Å². The zero-order chi connectivity index (χ0) is 15.7. The summed E-state index contributed by atoms with van der Waals surface area (Å²) in [5, 5.41) is 40.1. The van der Waals surface area contributed by atoms with E-state index in [1.54, 1.807) is 18.2 Å². The van der Waals surface area contributed by atoms with Crippen LogP contribution in [0, 0.1) is 34.0 Å². The summed E-state index contributed by atoms with van der Waals surface area (Å²) in [4.78, 5) is 11.6. The summed E-state index contributed by atoms with van der Waals surface area (Å²) in [5.41, 5.74) is 0.380. The molecule has 0 bridgehead atoms. The van der Waals surface area contributed by atoms with Crippen LogP contribution in [0.25, 0.3) is 0 Å². The third-order valence-electron chi connectivity index (χ3n) is 2.40. The molecule has 0 saturated heterocycles. The summed E-state index contributed by atoms with van der Waals surface area (Å²) in [7, 11) is 0. The number of nitrogens with one attached hydrogen (secondary N) is 2. The number of nitrogens with zero attached hydrogens (tertiary/aromatic N) is 3. The Balaban J connectivity index is 2.88. The van der Waals surface area contributed by atoms with E-state index in [-0.39, 0.29) is 30.3 Å². The lowest BCUT2D eigenvalue weighted by atomic mass is 10.2. The number of carbonyl (C=O) groups is 1. The molecule has 0 heterocycles. The Morgan fingerprint density at radius 3 is 2.19 bits per heavy atom. The highest BCUT2D eigenvalue weighted by Crippen LogP contribution is 2.13. The van der Waals surface area contributed by atoms with Crippen molar-refractivity contribution in [2.45, 2.75) is 0 Å². The van der Waals surface area contributed by atoms with Gasteiger partial charge in [-0.25, -0.2) is 0 Å². The number of hydrogen-bond donors (Lipinski definition) is 3. The molecule has 21 heavy (non-hydrogen) atoms. The van der Waals surface area contributed by atoms with Crippen molar-refractivity contribution in [2.24, 2.45) is 0 Å². The predicted octanol–water partition coefficient (Wildman–Crippen LogP) is 0.645. The molecular weight excluding hydrogens is 270 g/mol. The van der Waals surface area contributed by atoms with Gasteiger partial charge in [-0.15, -0.1) is 0 Å². The number of aliphatic hydroxyl groups is 1. The largest absolute Gasteiger partial charge is 0.395 e. The molecule has 104 valence electrons. The van der Waals surface area contributed by atoms with Gasteiger partial charge >= 0.3 is 0 Å². The quantitative estimate of drug-likeness (QED) is 0.678. The smallest absolute Gasteiger partial charge is 0.251 e. The highest BCUT2D eigenvalue weighted by molar-refractivity contribution is 5.94. The van der Waals surface area contributed by atoms with E-state index in [4.69, 9.17) is 20.9 Å². The zero-order valence-corrected chi connectivity index (χ0v) is 10.9. The Morgan fingerprint density at radius 2 is 1.71 bits per heavy atom. The highest BCUT2D eigenvalue weighted by Gasteiger charge is 2.07. The first-order valence-electron chi connectivity index (χ1n) is 5.87. The van der Waals surface area contributed by atoms with Crippen molar-refractivity contribution in [3.05, 3.63) is 41.1 Å². The maximum absolute atomic E-state index is 11.6. The van der Waals surface area contributed by atoms with Crippen molar-refractivity contribution >= 4 is 11.6 Å². The van der Waals surface area contributed by atoms with E-state index in [1.165, 1.54) is 24.3 Å². The maximum atomic E-state index is 11.6. The number of anilines is 1. The van der Waals surface area contributed by atoms with Gasteiger partial charge in [0.25, 0.3) is 5.91 Å². The zero-order valence-electron chi connectivity index (χ0n) is 10.9. The molecule has 3 N–H and O–H groups in total. The van der Waals surface area contributed by atoms with Gasteiger partial charge in [-0.1, -0.05) is 0 Å². The number of rotatable bonds is 5. The van der Waals surface area contributed by atoms with Crippen molar-refractivity contribution in [3.63, 3.8) is 0 Å². The minimum atomic E-state index is -0.332. The number of carbonyl (C=O) groups excluding carboxylic acids is 1. The molecule has 1 rings (SSSR count). The van der Waals surface area contributed by atoms with Gasteiger partial charge in [-0.05, 0) is 24.3 Å². The third kappa shape index (κ3) is 4.36. The minimum Gasteiger partial charge on any atom is -0.395 e. The fraction of sp³-hybridized carbons (Fsp3) is 0.143. The van der Waals surface area contributed by atoms with E-state index in [2.05, 4.69) is 10.6 Å². The van der Waals surface area contributed by atoms with Gasteiger partial charge < -0.3 is 15.7 Å². The van der Waals surface area contributed by atoms with Crippen molar-refractivity contribution in [3.8, 4) is 18.2 Å². The van der Waals surface area contributed by atoms with Crippen LogP contribution in [0.15, 0.2) is 35.5 Å². The van der Waals surface area contributed by atoms with Gasteiger partial charge in [0.05, 0.1) is 6.61 Å². The first-order chi connectivity index (χ1) is 10.2. The Hall–Kier alpha value is -3.34. The lowest BCUT2D eigenvalue weighted by Crippen LogP contribution is -2.26. The fourth-order valence-electron chi connectivity index (χ4n) is 1.40. The molecule has 7 nitrogen and oxygen atoms in total. The van der Waals surface area contributed by atoms with Crippen LogP contribution in [0.4, 0.5) is 5.69 Å². The molecule has 0 fully saturated rings. The van der Waals surface area contributed by atoms with Crippen LogP contribution in [0.1, 0.15) is 10.4 Å². The molecule has 1 aromatic rings. The summed E-state index contributed by atoms with van der Waals surface area (Å²) >= 11 is 0. The second kappa shape index (κ2) is 7.96. The van der Waals surface area contributed by atoms with Crippen molar-refractivity contribution in [2.75, 3.05) is 18.5 Å². The van der Waals surface area contributed by atoms with Gasteiger partial charge in [-0.3, -0.25) is 4.79 Å². The van der Waals surface area contributed by atoms with Crippen LogP contribution in [0.3, 0.4) is 0 Å². The first-order valence-corrected chi connectivity index (χ1v) is 5.87. The molecule has 1 amide bonds. The molecule has 0 radical (unpaired) electrons. The van der Waals surface area contributed by atoms with Crippen LogP contribution in [-0.2, 0) is 0 Å². The number of amides is 1. The third-order valence-corrected chi connectivity index (χ3v) is 2.40. The summed E-state index contributed by atoms with van der Waals surface area (Å²) in [6, 6.07) is 11.1.